The first kappa shape index (κ1) is 20.0. The first-order chi connectivity index (χ1) is 13.3. The van der Waals surface area contributed by atoms with Crippen molar-refractivity contribution in [3.8, 4) is 5.69 Å². The number of aryl methyl sites for hydroxylation is 2. The molecule has 3 aromatic rings. The highest BCUT2D eigenvalue weighted by atomic mass is 35.5. The fourth-order valence-corrected chi connectivity index (χ4v) is 3.11. The lowest BCUT2D eigenvalue weighted by molar-refractivity contribution is -0.119. The largest absolute Gasteiger partial charge is 0.452 e. The fraction of sp³-hybridized carbons (Fsp3) is 0.143. The second-order valence-electron chi connectivity index (χ2n) is 6.25. The average Bonchev–Trinajstić information content (AvgIpc) is 3.01. The van der Waals surface area contributed by atoms with E-state index in [0.717, 1.165) is 17.1 Å². The summed E-state index contributed by atoms with van der Waals surface area (Å²) in [6.07, 6.45) is 0. The van der Waals surface area contributed by atoms with E-state index in [1.54, 1.807) is 24.3 Å². The van der Waals surface area contributed by atoms with Gasteiger partial charge in [-0.15, -0.1) is 0 Å². The fourth-order valence-electron chi connectivity index (χ4n) is 2.81. The maximum Gasteiger partial charge on any atom is 0.338 e. The van der Waals surface area contributed by atoms with Crippen molar-refractivity contribution in [2.45, 2.75) is 13.8 Å². The lowest BCUT2D eigenvalue weighted by atomic mass is 10.2. The van der Waals surface area contributed by atoms with Crippen molar-refractivity contribution in [3.05, 3.63) is 81.6 Å². The molecule has 7 heteroatoms. The number of anilines is 1. The summed E-state index contributed by atoms with van der Waals surface area (Å²) in [5, 5.41) is 3.31. The number of amides is 1. The van der Waals surface area contributed by atoms with E-state index in [-0.39, 0.29) is 0 Å². The minimum absolute atomic E-state index is 0.324. The number of rotatable bonds is 5. The second kappa shape index (κ2) is 8.50. The smallest absolute Gasteiger partial charge is 0.338 e. The number of benzene rings is 2. The zero-order valence-corrected chi connectivity index (χ0v) is 16.8. The van der Waals surface area contributed by atoms with Gasteiger partial charge >= 0.3 is 5.97 Å². The summed E-state index contributed by atoms with van der Waals surface area (Å²) in [5.74, 6) is -1.04. The molecule has 1 amide bonds. The van der Waals surface area contributed by atoms with Crippen LogP contribution in [0, 0.1) is 13.8 Å². The van der Waals surface area contributed by atoms with Crippen LogP contribution in [0.3, 0.4) is 0 Å². The Balaban J connectivity index is 1.58. The van der Waals surface area contributed by atoms with E-state index in [0.29, 0.717) is 21.3 Å². The number of carbonyl (C=O) groups is 2. The molecule has 0 aliphatic heterocycles. The van der Waals surface area contributed by atoms with Crippen LogP contribution >= 0.6 is 23.2 Å². The molecular weight excluding hydrogens is 399 g/mol. The molecule has 0 spiro atoms. The Morgan fingerprint density at radius 2 is 1.57 bits per heavy atom. The molecule has 0 atom stereocenters. The maximum absolute atomic E-state index is 12.2. The summed E-state index contributed by atoms with van der Waals surface area (Å²) in [6.45, 7) is 3.62. The molecule has 0 saturated carbocycles. The van der Waals surface area contributed by atoms with Gasteiger partial charge in [0, 0.05) is 22.8 Å². The zero-order valence-electron chi connectivity index (χ0n) is 15.3. The minimum Gasteiger partial charge on any atom is -0.452 e. The van der Waals surface area contributed by atoms with Crippen LogP contribution < -0.4 is 5.32 Å². The molecule has 3 rings (SSSR count). The summed E-state index contributed by atoms with van der Waals surface area (Å²) in [4.78, 5) is 24.1. The van der Waals surface area contributed by atoms with Crippen LogP contribution in [0.4, 0.5) is 5.69 Å². The molecule has 0 aliphatic rings. The van der Waals surface area contributed by atoms with E-state index < -0.39 is 18.5 Å². The number of nitrogens with one attached hydrogen (secondary N) is 1. The van der Waals surface area contributed by atoms with Gasteiger partial charge < -0.3 is 14.6 Å². The third-order valence-corrected chi connectivity index (χ3v) is 4.91. The van der Waals surface area contributed by atoms with Crippen molar-refractivity contribution < 1.29 is 14.3 Å². The van der Waals surface area contributed by atoms with Crippen LogP contribution in [0.5, 0.6) is 0 Å². The van der Waals surface area contributed by atoms with E-state index in [4.69, 9.17) is 27.9 Å². The predicted molar refractivity (Wildman–Crippen MR) is 111 cm³/mol. The predicted octanol–water partition coefficient (Wildman–Crippen LogP) is 5.20. The summed E-state index contributed by atoms with van der Waals surface area (Å²) < 4.78 is 7.16. The Labute approximate surface area is 172 Å². The lowest BCUT2D eigenvalue weighted by Crippen LogP contribution is -2.20. The van der Waals surface area contributed by atoms with E-state index in [1.165, 1.54) is 6.07 Å². The van der Waals surface area contributed by atoms with Crippen molar-refractivity contribution in [1.82, 2.24) is 4.57 Å². The number of carbonyl (C=O) groups excluding carboxylic acids is 2. The number of halogens is 2. The van der Waals surface area contributed by atoms with Crippen molar-refractivity contribution in [2.24, 2.45) is 0 Å². The van der Waals surface area contributed by atoms with Gasteiger partial charge in [-0.05, 0) is 68.4 Å². The van der Waals surface area contributed by atoms with Gasteiger partial charge in [-0.25, -0.2) is 4.79 Å². The maximum atomic E-state index is 12.2. The van der Waals surface area contributed by atoms with E-state index in [9.17, 15) is 9.59 Å². The van der Waals surface area contributed by atoms with Crippen molar-refractivity contribution in [3.63, 3.8) is 0 Å². The number of nitrogens with zero attached hydrogens (tertiary/aromatic N) is 1. The SMILES string of the molecule is Cc1ccc(C)n1-c1ccc(C(=O)OCC(=O)Nc2ccc(Cl)c(Cl)c2)cc1. The molecule has 5 nitrogen and oxygen atoms in total. The van der Waals surface area contributed by atoms with Crippen LogP contribution in [-0.2, 0) is 9.53 Å². The van der Waals surface area contributed by atoms with E-state index >= 15 is 0 Å². The summed E-state index contributed by atoms with van der Waals surface area (Å²) in [6, 6.07) is 15.8. The highest BCUT2D eigenvalue weighted by molar-refractivity contribution is 6.42. The first-order valence-corrected chi connectivity index (χ1v) is 9.28. The molecule has 28 heavy (non-hydrogen) atoms. The molecular formula is C21H18Cl2N2O3. The van der Waals surface area contributed by atoms with Crippen molar-refractivity contribution in [1.29, 1.82) is 0 Å². The molecule has 0 fully saturated rings. The van der Waals surface area contributed by atoms with Crippen LogP contribution in [0.2, 0.25) is 10.0 Å². The molecule has 2 aromatic carbocycles. The molecule has 144 valence electrons. The Hall–Kier alpha value is -2.76. The molecule has 0 saturated heterocycles. The van der Waals surface area contributed by atoms with Crippen LogP contribution in [-0.4, -0.2) is 23.1 Å². The Bertz CT molecular complexity index is 1010. The first-order valence-electron chi connectivity index (χ1n) is 8.52. The van der Waals surface area contributed by atoms with E-state index in [1.807, 2.05) is 38.1 Å². The van der Waals surface area contributed by atoms with Gasteiger partial charge in [-0.1, -0.05) is 23.2 Å². The van der Waals surface area contributed by atoms with Crippen molar-refractivity contribution in [2.75, 3.05) is 11.9 Å². The van der Waals surface area contributed by atoms with E-state index in [2.05, 4.69) is 9.88 Å². The van der Waals surface area contributed by atoms with Crippen molar-refractivity contribution >= 4 is 40.8 Å². The van der Waals surface area contributed by atoms with Gasteiger partial charge in [-0.2, -0.15) is 0 Å². The molecule has 0 unspecified atom stereocenters. The van der Waals surface area contributed by atoms with Gasteiger partial charge in [0.05, 0.1) is 15.6 Å². The van der Waals surface area contributed by atoms with Gasteiger partial charge in [0.2, 0.25) is 0 Å². The molecule has 0 radical (unpaired) electrons. The molecule has 1 heterocycles. The lowest BCUT2D eigenvalue weighted by Gasteiger charge is -2.10. The summed E-state index contributed by atoms with van der Waals surface area (Å²) in [7, 11) is 0. The number of hydrogen-bond donors (Lipinski definition) is 1. The Morgan fingerprint density at radius 3 is 2.18 bits per heavy atom. The monoisotopic (exact) mass is 416 g/mol. The number of aromatic nitrogens is 1. The Morgan fingerprint density at radius 1 is 0.929 bits per heavy atom. The topological polar surface area (TPSA) is 60.3 Å². The number of esters is 1. The summed E-state index contributed by atoms with van der Waals surface area (Å²) >= 11 is 11.7. The zero-order chi connectivity index (χ0) is 20.3. The molecule has 0 aliphatic carbocycles. The standard InChI is InChI=1S/C21H18Cl2N2O3/c1-13-3-4-14(2)25(13)17-8-5-15(6-9-17)21(27)28-12-20(26)24-16-7-10-18(22)19(23)11-16/h3-11H,12H2,1-2H3,(H,24,26). The normalized spacial score (nSPS) is 10.6. The number of hydrogen-bond acceptors (Lipinski definition) is 3. The molecule has 1 aromatic heterocycles. The van der Waals surface area contributed by atoms with Crippen LogP contribution in [0.25, 0.3) is 5.69 Å². The van der Waals surface area contributed by atoms with Gasteiger partial charge in [-0.3, -0.25) is 4.79 Å². The van der Waals surface area contributed by atoms with Gasteiger partial charge in [0.1, 0.15) is 0 Å². The average molecular weight is 417 g/mol. The van der Waals surface area contributed by atoms with Crippen LogP contribution in [0.1, 0.15) is 21.7 Å². The second-order valence-corrected chi connectivity index (χ2v) is 7.07. The summed E-state index contributed by atoms with van der Waals surface area (Å²) in [5.41, 5.74) is 4.00. The van der Waals surface area contributed by atoms with Gasteiger partial charge in [0.25, 0.3) is 5.91 Å². The highest BCUT2D eigenvalue weighted by Crippen LogP contribution is 2.25. The third-order valence-electron chi connectivity index (χ3n) is 4.17. The number of ether oxygens (including phenoxy) is 1. The van der Waals surface area contributed by atoms with Gasteiger partial charge in [0.15, 0.2) is 6.61 Å². The van der Waals surface area contributed by atoms with Crippen LogP contribution in [0.15, 0.2) is 54.6 Å². The Kier molecular flexibility index (Phi) is 6.07. The minimum atomic E-state index is -0.572. The highest BCUT2D eigenvalue weighted by Gasteiger charge is 2.12. The quantitative estimate of drug-likeness (QED) is 0.581. The third kappa shape index (κ3) is 4.55. The molecule has 1 N–H and O–H groups in total. The molecule has 0 bridgehead atoms.